The van der Waals surface area contributed by atoms with E-state index in [-0.39, 0.29) is 0 Å². The van der Waals surface area contributed by atoms with E-state index in [2.05, 4.69) is 4.57 Å². The van der Waals surface area contributed by atoms with Gasteiger partial charge in [0.1, 0.15) is 0 Å². The molecule has 88 valence electrons. The van der Waals surface area contributed by atoms with Crippen LogP contribution in [0.15, 0.2) is 12.1 Å². The monoisotopic (exact) mass is 223 g/mol. The molecular weight excluding hydrogens is 206 g/mol. The number of nitrogens with zero attached hydrogens (tertiary/aromatic N) is 1. The minimum Gasteiger partial charge on any atom is -0.478 e. The Balaban J connectivity index is 2.92. The van der Waals surface area contributed by atoms with E-state index in [4.69, 9.17) is 9.84 Å². The second-order valence-electron chi connectivity index (χ2n) is 3.64. The molecule has 0 saturated carbocycles. The Kier molecular flexibility index (Phi) is 4.31. The van der Waals surface area contributed by atoms with Crippen LogP contribution in [0.5, 0.6) is 0 Å². The van der Waals surface area contributed by atoms with Gasteiger partial charge in [-0.15, -0.1) is 0 Å². The lowest BCUT2D eigenvalue weighted by molar-refractivity contribution is -0.131. The first-order chi connectivity index (χ1) is 7.56. The third-order valence-electron chi connectivity index (χ3n) is 2.54. The zero-order chi connectivity index (χ0) is 12.1. The van der Waals surface area contributed by atoms with Crippen molar-refractivity contribution in [3.05, 3.63) is 29.1 Å². The van der Waals surface area contributed by atoms with Gasteiger partial charge in [-0.1, -0.05) is 0 Å². The highest BCUT2D eigenvalue weighted by molar-refractivity contribution is 5.85. The minimum atomic E-state index is -0.929. The number of methoxy groups -OCH3 is 1. The summed E-state index contributed by atoms with van der Waals surface area (Å²) in [5, 5.41) is 8.57. The van der Waals surface area contributed by atoms with Gasteiger partial charge >= 0.3 is 5.97 Å². The van der Waals surface area contributed by atoms with Gasteiger partial charge in [-0.25, -0.2) is 4.79 Å². The van der Waals surface area contributed by atoms with Gasteiger partial charge in [0.05, 0.1) is 6.61 Å². The van der Waals surface area contributed by atoms with E-state index in [0.717, 1.165) is 29.6 Å². The number of carboxylic acids is 1. The normalized spacial score (nSPS) is 11.2. The fraction of sp³-hybridized carbons (Fsp3) is 0.417. The molecule has 1 N–H and O–H groups in total. The fourth-order valence-corrected chi connectivity index (χ4v) is 1.68. The molecule has 0 aromatic carbocycles. The summed E-state index contributed by atoms with van der Waals surface area (Å²) in [4.78, 5) is 10.4. The van der Waals surface area contributed by atoms with Crippen molar-refractivity contribution in [2.24, 2.45) is 0 Å². The van der Waals surface area contributed by atoms with Gasteiger partial charge in [0.25, 0.3) is 0 Å². The van der Waals surface area contributed by atoms with Gasteiger partial charge in [-0.3, -0.25) is 0 Å². The van der Waals surface area contributed by atoms with Crippen molar-refractivity contribution in [3.8, 4) is 0 Å². The highest BCUT2D eigenvalue weighted by Crippen LogP contribution is 2.16. The van der Waals surface area contributed by atoms with Gasteiger partial charge in [0.15, 0.2) is 0 Å². The average Bonchev–Trinajstić information content (AvgIpc) is 2.49. The van der Waals surface area contributed by atoms with Gasteiger partial charge in [-0.05, 0) is 31.6 Å². The molecule has 1 aromatic rings. The Hall–Kier alpha value is -1.55. The molecule has 1 rings (SSSR count). The molecule has 0 radical (unpaired) electrons. The van der Waals surface area contributed by atoms with Gasteiger partial charge in [0.2, 0.25) is 0 Å². The first-order valence-electron chi connectivity index (χ1n) is 5.13. The fourth-order valence-electron chi connectivity index (χ4n) is 1.68. The number of hydrogen-bond donors (Lipinski definition) is 1. The highest BCUT2D eigenvalue weighted by atomic mass is 16.5. The summed E-state index contributed by atoms with van der Waals surface area (Å²) in [6.45, 7) is 5.42. The molecule has 16 heavy (non-hydrogen) atoms. The minimum absolute atomic E-state index is 0.651. The molecule has 4 nitrogen and oxygen atoms in total. The molecule has 0 unspecified atom stereocenters. The zero-order valence-electron chi connectivity index (χ0n) is 9.86. The standard InChI is InChI=1S/C12H17NO3/c1-9-8-11(4-5-12(14)15)10(2)13(9)6-7-16-3/h4-5,8H,6-7H2,1-3H3,(H,14,15)/b5-4+. The predicted octanol–water partition coefficient (Wildman–Crippen LogP) is 1.85. The molecule has 0 aliphatic rings. The lowest BCUT2D eigenvalue weighted by Gasteiger charge is -2.08. The molecule has 4 heteroatoms. The molecule has 0 atom stereocenters. The topological polar surface area (TPSA) is 51.5 Å². The van der Waals surface area contributed by atoms with Crippen LogP contribution >= 0.6 is 0 Å². The number of rotatable bonds is 5. The van der Waals surface area contributed by atoms with E-state index in [1.54, 1.807) is 13.2 Å². The van der Waals surface area contributed by atoms with Crippen LogP contribution in [0.4, 0.5) is 0 Å². The Morgan fingerprint density at radius 2 is 2.25 bits per heavy atom. The van der Waals surface area contributed by atoms with Gasteiger partial charge < -0.3 is 14.4 Å². The van der Waals surface area contributed by atoms with Crippen LogP contribution in [0, 0.1) is 13.8 Å². The van der Waals surface area contributed by atoms with E-state index < -0.39 is 5.97 Å². The summed E-state index contributed by atoms with van der Waals surface area (Å²) >= 11 is 0. The lowest BCUT2D eigenvalue weighted by atomic mass is 10.2. The molecule has 0 amide bonds. The number of carboxylic acid groups (broad SMARTS) is 1. The number of aryl methyl sites for hydroxylation is 1. The van der Waals surface area contributed by atoms with Crippen LogP contribution < -0.4 is 0 Å². The molecule has 1 aromatic heterocycles. The summed E-state index contributed by atoms with van der Waals surface area (Å²) in [5.74, 6) is -0.929. The van der Waals surface area contributed by atoms with E-state index in [1.165, 1.54) is 0 Å². The van der Waals surface area contributed by atoms with Crippen molar-refractivity contribution < 1.29 is 14.6 Å². The molecular formula is C12H17NO3. The number of ether oxygens (including phenoxy) is 1. The Bertz CT molecular complexity index is 405. The maximum Gasteiger partial charge on any atom is 0.328 e. The van der Waals surface area contributed by atoms with Crippen LogP contribution in [-0.4, -0.2) is 29.4 Å². The van der Waals surface area contributed by atoms with E-state index >= 15 is 0 Å². The second kappa shape index (κ2) is 5.51. The summed E-state index contributed by atoms with van der Waals surface area (Å²) < 4.78 is 7.15. The second-order valence-corrected chi connectivity index (χ2v) is 3.64. The van der Waals surface area contributed by atoms with Crippen LogP contribution in [0.1, 0.15) is 17.0 Å². The third kappa shape index (κ3) is 2.97. The molecule has 0 saturated heterocycles. The molecule has 0 aliphatic heterocycles. The average molecular weight is 223 g/mol. The summed E-state index contributed by atoms with van der Waals surface area (Å²) in [6, 6.07) is 1.98. The zero-order valence-corrected chi connectivity index (χ0v) is 9.86. The maximum atomic E-state index is 10.4. The highest BCUT2D eigenvalue weighted by Gasteiger charge is 2.06. The number of carbonyl (C=O) groups is 1. The van der Waals surface area contributed by atoms with Crippen LogP contribution in [-0.2, 0) is 16.1 Å². The smallest absolute Gasteiger partial charge is 0.328 e. The number of aliphatic carboxylic acids is 1. The first kappa shape index (κ1) is 12.5. The largest absolute Gasteiger partial charge is 0.478 e. The van der Waals surface area contributed by atoms with Crippen molar-refractivity contribution in [2.45, 2.75) is 20.4 Å². The van der Waals surface area contributed by atoms with Gasteiger partial charge in [-0.2, -0.15) is 0 Å². The Morgan fingerprint density at radius 3 is 2.81 bits per heavy atom. The third-order valence-corrected chi connectivity index (χ3v) is 2.54. The van der Waals surface area contributed by atoms with Crippen molar-refractivity contribution >= 4 is 12.0 Å². The first-order valence-corrected chi connectivity index (χ1v) is 5.13. The quantitative estimate of drug-likeness (QED) is 0.775. The number of aromatic nitrogens is 1. The SMILES string of the molecule is COCCn1c(C)cc(/C=C/C(=O)O)c1C. The summed E-state index contributed by atoms with van der Waals surface area (Å²) in [6.07, 6.45) is 2.77. The van der Waals surface area contributed by atoms with Crippen molar-refractivity contribution in [2.75, 3.05) is 13.7 Å². The molecule has 0 fully saturated rings. The van der Waals surface area contributed by atoms with Crippen LogP contribution in [0.25, 0.3) is 6.08 Å². The van der Waals surface area contributed by atoms with Crippen molar-refractivity contribution in [1.82, 2.24) is 4.57 Å². The summed E-state index contributed by atoms with van der Waals surface area (Å²) in [5.41, 5.74) is 3.11. The molecule has 0 spiro atoms. The van der Waals surface area contributed by atoms with Crippen molar-refractivity contribution in [3.63, 3.8) is 0 Å². The summed E-state index contributed by atoms with van der Waals surface area (Å²) in [7, 11) is 1.67. The van der Waals surface area contributed by atoms with Crippen LogP contribution in [0.3, 0.4) is 0 Å². The lowest BCUT2D eigenvalue weighted by Crippen LogP contribution is -2.07. The van der Waals surface area contributed by atoms with E-state index in [1.807, 2.05) is 19.9 Å². The predicted molar refractivity (Wildman–Crippen MR) is 62.5 cm³/mol. The maximum absolute atomic E-state index is 10.4. The van der Waals surface area contributed by atoms with Gasteiger partial charge in [0, 0.05) is 31.1 Å². The van der Waals surface area contributed by atoms with Crippen molar-refractivity contribution in [1.29, 1.82) is 0 Å². The number of hydrogen-bond acceptors (Lipinski definition) is 2. The Morgan fingerprint density at radius 1 is 1.56 bits per heavy atom. The Labute approximate surface area is 95.1 Å². The molecule has 0 aliphatic carbocycles. The van der Waals surface area contributed by atoms with E-state index in [0.29, 0.717) is 6.61 Å². The van der Waals surface area contributed by atoms with Crippen LogP contribution in [0.2, 0.25) is 0 Å². The molecule has 1 heterocycles. The van der Waals surface area contributed by atoms with E-state index in [9.17, 15) is 4.79 Å². The molecule has 0 bridgehead atoms.